The van der Waals surface area contributed by atoms with Gasteiger partial charge in [-0.2, -0.15) is 9.97 Å². The van der Waals surface area contributed by atoms with E-state index in [1.54, 1.807) is 34.8 Å². The summed E-state index contributed by atoms with van der Waals surface area (Å²) in [6.45, 7) is 11.5. The van der Waals surface area contributed by atoms with Crippen LogP contribution < -0.4 is 20.3 Å². The van der Waals surface area contributed by atoms with Crippen molar-refractivity contribution < 1.29 is 38.8 Å². The van der Waals surface area contributed by atoms with Gasteiger partial charge in [-0.05, 0) is 118 Å². The Morgan fingerprint density at radius 1 is 1.04 bits per heavy atom. The molecule has 0 aliphatic carbocycles. The number of ether oxygens (including phenoxy) is 1. The number of phenols is 1. The van der Waals surface area contributed by atoms with Crippen LogP contribution in [-0.2, 0) is 14.4 Å². The zero-order valence-corrected chi connectivity index (χ0v) is 46.7. The highest BCUT2D eigenvalue weighted by Gasteiger charge is 2.50. The number of amides is 3. The first kappa shape index (κ1) is 55.1. The number of nitrogens with one attached hydrogen (secondary N) is 2. The fourth-order valence-electron chi connectivity index (χ4n) is 13.2. The number of carbonyl (C=O) groups excluding carboxylic acids is 3. The number of pyridine rings is 1. The summed E-state index contributed by atoms with van der Waals surface area (Å²) in [6.07, 6.45) is 12.8. The van der Waals surface area contributed by atoms with Crippen molar-refractivity contribution in [2.24, 2.45) is 11.3 Å². The van der Waals surface area contributed by atoms with Crippen molar-refractivity contribution in [3.8, 4) is 45.8 Å². The molecule has 2 bridgehead atoms. The number of benzene rings is 3. The lowest BCUT2D eigenvalue weighted by Crippen LogP contribution is -2.60. The van der Waals surface area contributed by atoms with Gasteiger partial charge in [0.25, 0.3) is 0 Å². The molecule has 3 aromatic carbocycles. The Morgan fingerprint density at radius 3 is 2.62 bits per heavy atom. The zero-order valence-electron chi connectivity index (χ0n) is 45.9. The number of halogens is 1. The van der Waals surface area contributed by atoms with E-state index in [-0.39, 0.29) is 79.1 Å². The normalized spacial score (nSPS) is 23.2. The lowest BCUT2D eigenvalue weighted by molar-refractivity contribution is -0.152. The van der Waals surface area contributed by atoms with Gasteiger partial charge in [0.05, 0.1) is 40.2 Å². The molecule has 8 atom stereocenters. The van der Waals surface area contributed by atoms with Crippen LogP contribution in [0.25, 0.3) is 43.4 Å². The van der Waals surface area contributed by atoms with Gasteiger partial charge < -0.3 is 45.4 Å². The summed E-state index contributed by atoms with van der Waals surface area (Å²) >= 11 is 1.54. The summed E-state index contributed by atoms with van der Waals surface area (Å²) < 4.78 is 23.9. The number of hydrogen-bond acceptors (Lipinski definition) is 15. The predicted octanol–water partition coefficient (Wildman–Crippen LogP) is 7.13. The minimum atomic E-state index is -1.00. The number of aryl methyl sites for hydroxylation is 1. The largest absolute Gasteiger partial charge is 0.508 e. The highest BCUT2D eigenvalue weighted by molar-refractivity contribution is 7.13. The molecule has 2 unspecified atom stereocenters. The Bertz CT molecular complexity index is 3350. The Kier molecular flexibility index (Phi) is 15.8. The Hall–Kier alpha value is -6.82. The molecule has 6 aromatic rings. The summed E-state index contributed by atoms with van der Waals surface area (Å²) in [5.74, 6) is 2.12. The molecule has 8 heterocycles. The van der Waals surface area contributed by atoms with Crippen LogP contribution in [0.5, 0.6) is 11.8 Å². The van der Waals surface area contributed by atoms with Crippen LogP contribution in [0.3, 0.4) is 0 Å². The Balaban J connectivity index is 0.778. The number of aromatic hydroxyl groups is 1. The van der Waals surface area contributed by atoms with E-state index in [4.69, 9.17) is 21.1 Å². The first-order valence-electron chi connectivity index (χ1n) is 28.2. The number of anilines is 1. The van der Waals surface area contributed by atoms with Crippen LogP contribution >= 0.6 is 11.3 Å². The maximum Gasteiger partial charge on any atom is 0.319 e. The number of nitrogens with zero attached hydrogens (tertiary/aromatic N) is 8. The van der Waals surface area contributed by atoms with Crippen LogP contribution in [0, 0.1) is 36.4 Å². The van der Waals surface area contributed by atoms with Crippen molar-refractivity contribution >= 4 is 56.6 Å². The number of β-amino-alcohol motifs (C(OH)–C–C–N with tert-alkyl or cyclic N) is 1. The Labute approximate surface area is 470 Å². The van der Waals surface area contributed by atoms with E-state index in [1.165, 1.54) is 22.3 Å². The molecule has 5 N–H and O–H groups in total. The van der Waals surface area contributed by atoms with Crippen LogP contribution in [0.1, 0.15) is 101 Å². The number of aliphatic hydroxyl groups excluding tert-OH is 2. The second-order valence-corrected chi connectivity index (χ2v) is 24.4. The lowest BCUT2D eigenvalue weighted by atomic mass is 9.83. The number of terminal acetylenes is 1. The van der Waals surface area contributed by atoms with Crippen LogP contribution in [0.2, 0.25) is 0 Å². The number of carbonyl (C=O) groups is 3. The summed E-state index contributed by atoms with van der Waals surface area (Å²) in [5.41, 5.74) is 4.64. The second-order valence-electron chi connectivity index (χ2n) is 23.6. The van der Waals surface area contributed by atoms with E-state index in [0.717, 1.165) is 74.4 Å². The van der Waals surface area contributed by atoms with Crippen LogP contribution in [0.15, 0.2) is 66.3 Å². The molecule has 0 spiro atoms. The van der Waals surface area contributed by atoms with Gasteiger partial charge in [0, 0.05) is 73.3 Å². The van der Waals surface area contributed by atoms with Gasteiger partial charge in [0.2, 0.25) is 17.7 Å². The summed E-state index contributed by atoms with van der Waals surface area (Å²) in [6, 6.07) is 13.5. The van der Waals surface area contributed by atoms with Gasteiger partial charge in [-0.3, -0.25) is 24.3 Å². The van der Waals surface area contributed by atoms with Gasteiger partial charge in [-0.15, -0.1) is 17.8 Å². The standard InChI is InChI=1S/C61H71FN10O7S/c1-6-37-10-7-11-40-25-44(74)26-46(51(37)40)53-52(62)54-47(29-64-53)57(70-23-20-36-24-41(30-70)63-28-36)68-60(67-54)79-33-43-13-9-22-69(43)21-8-12-42-18-19-50(76)72(42)56(61(3,4)5)59(78)71-31-45(75)27-49(71)58(77)66-48(32-73)38-14-16-39(17-15-38)55-35(2)65-34-80-55/h1,7,10-11,14-17,25-26,29,34,36,41-43,45,48-49,56,63,73-75H,8-9,12-13,18-24,27-28,30-33H2,2-5H3,(H,66,77)/t36?,41?,42-,43-,45+,48-,49-,56+/m0/s1. The number of rotatable bonds is 16. The third kappa shape index (κ3) is 11.0. The van der Waals surface area contributed by atoms with E-state index in [1.807, 2.05) is 58.0 Å². The minimum absolute atomic E-state index is 0.00597. The number of fused-ring (bicyclic) bond motifs is 4. The molecule has 0 saturated carbocycles. The third-order valence-electron chi connectivity index (χ3n) is 17.2. The van der Waals surface area contributed by atoms with E-state index in [2.05, 4.69) is 36.3 Å². The molecule has 420 valence electrons. The van der Waals surface area contributed by atoms with Gasteiger partial charge in [-0.25, -0.2) is 9.37 Å². The maximum absolute atomic E-state index is 17.3. The topological polar surface area (TPSA) is 210 Å². The molecule has 17 nitrogen and oxygen atoms in total. The molecule has 3 aromatic heterocycles. The number of likely N-dealkylation sites (tertiary alicyclic amines) is 3. The first-order chi connectivity index (χ1) is 38.6. The predicted molar refractivity (Wildman–Crippen MR) is 305 cm³/mol. The fourth-order valence-corrected chi connectivity index (χ4v) is 14.0. The first-order valence-corrected chi connectivity index (χ1v) is 29.1. The van der Waals surface area contributed by atoms with E-state index < -0.39 is 41.4 Å². The zero-order chi connectivity index (χ0) is 56.0. The molecule has 0 radical (unpaired) electrons. The van der Waals surface area contributed by atoms with Gasteiger partial charge in [0.1, 0.15) is 41.5 Å². The highest BCUT2D eigenvalue weighted by Crippen LogP contribution is 2.41. The van der Waals surface area contributed by atoms with Crippen molar-refractivity contribution in [1.29, 1.82) is 0 Å². The molecule has 80 heavy (non-hydrogen) atoms. The smallest absolute Gasteiger partial charge is 0.319 e. The lowest BCUT2D eigenvalue weighted by Gasteiger charge is -2.43. The average molecular weight is 1110 g/mol. The van der Waals surface area contributed by atoms with Gasteiger partial charge >= 0.3 is 6.01 Å². The molecule has 3 amide bonds. The molecule has 5 aliphatic rings. The Morgan fingerprint density at radius 2 is 1.86 bits per heavy atom. The number of phenolic OH excluding ortho intramolecular Hbond substituents is 1. The highest BCUT2D eigenvalue weighted by atomic mass is 32.1. The summed E-state index contributed by atoms with van der Waals surface area (Å²) in [4.78, 5) is 70.7. The third-order valence-corrected chi connectivity index (χ3v) is 18.1. The summed E-state index contributed by atoms with van der Waals surface area (Å²) in [5, 5.41) is 40.6. The fraction of sp³-hybridized carbons (Fsp3) is 0.492. The molecule has 11 rings (SSSR count). The monoisotopic (exact) mass is 1110 g/mol. The van der Waals surface area contributed by atoms with Crippen LogP contribution in [0.4, 0.5) is 10.2 Å². The van der Waals surface area contributed by atoms with Crippen molar-refractivity contribution in [3.05, 3.63) is 88.9 Å². The quantitative estimate of drug-likeness (QED) is 0.0611. The van der Waals surface area contributed by atoms with Crippen molar-refractivity contribution in [2.75, 3.05) is 57.4 Å². The van der Waals surface area contributed by atoms with Crippen molar-refractivity contribution in [3.63, 3.8) is 0 Å². The minimum Gasteiger partial charge on any atom is -0.508 e. The molecule has 5 fully saturated rings. The van der Waals surface area contributed by atoms with E-state index >= 15 is 4.39 Å². The molecule has 5 saturated heterocycles. The summed E-state index contributed by atoms with van der Waals surface area (Å²) in [7, 11) is 0. The number of aliphatic hydroxyl groups is 2. The molecular formula is C61H71FN10O7S. The van der Waals surface area contributed by atoms with Crippen molar-refractivity contribution in [1.82, 2.24) is 45.3 Å². The second kappa shape index (κ2) is 23.0. The SMILES string of the molecule is C#Cc1cccc2cc(O)cc(-c3ncc4c(N5CCC6CNC(C6)C5)nc(OC[C@@H]5CCCN5CCC[C@H]5CCC(=O)N5[C@H](C(=O)N5C[C@H](O)C[C@H]5C(=O)N[C@@H](CO)c5ccc(-c6scnc6C)cc5)C(C)(C)C)nc4c3F)c12. The average Bonchev–Trinajstić information content (AvgIpc) is 4.31. The van der Waals surface area contributed by atoms with E-state index in [9.17, 15) is 29.7 Å². The number of hydrogen-bond donors (Lipinski definition) is 5. The van der Waals surface area contributed by atoms with Crippen molar-refractivity contribution in [2.45, 2.75) is 128 Å². The maximum atomic E-state index is 17.3. The molecule has 5 aliphatic heterocycles. The number of thiazole rings is 1. The molecular weight excluding hydrogens is 1040 g/mol. The number of aromatic nitrogens is 4. The van der Waals surface area contributed by atoms with Gasteiger partial charge in [0.15, 0.2) is 5.82 Å². The van der Waals surface area contributed by atoms with Gasteiger partial charge in [-0.1, -0.05) is 63.1 Å². The van der Waals surface area contributed by atoms with E-state index in [0.29, 0.717) is 70.4 Å². The van der Waals surface area contributed by atoms with Crippen LogP contribution in [-0.4, -0.2) is 156 Å². The molecule has 19 heteroatoms.